The van der Waals surface area contributed by atoms with Gasteiger partial charge in [-0.15, -0.1) is 0 Å². The van der Waals surface area contributed by atoms with Crippen LogP contribution in [0.4, 0.5) is 0 Å². The molecule has 0 amide bonds. The van der Waals surface area contributed by atoms with Crippen molar-refractivity contribution in [2.75, 3.05) is 13.2 Å². The van der Waals surface area contributed by atoms with Crippen molar-refractivity contribution in [3.63, 3.8) is 0 Å². The molecular weight excluding hydrogens is 444 g/mol. The summed E-state index contributed by atoms with van der Waals surface area (Å²) in [5, 5.41) is 40.5. The minimum Gasteiger partial charge on any atom is -0.494 e. The van der Waals surface area contributed by atoms with Crippen molar-refractivity contribution in [2.24, 2.45) is 5.92 Å². The molecule has 0 radical (unpaired) electrons. The molecule has 1 aromatic carbocycles. The van der Waals surface area contributed by atoms with Gasteiger partial charge in [0.05, 0.1) is 31.5 Å². The molecule has 1 saturated carbocycles. The van der Waals surface area contributed by atoms with Crippen molar-refractivity contribution in [1.29, 1.82) is 0 Å². The van der Waals surface area contributed by atoms with E-state index >= 15 is 0 Å². The van der Waals surface area contributed by atoms with Gasteiger partial charge < -0.3 is 29.9 Å². The summed E-state index contributed by atoms with van der Waals surface area (Å²) >= 11 is 6.58. The van der Waals surface area contributed by atoms with E-state index < -0.39 is 35.3 Å². The quantitative estimate of drug-likeness (QED) is 0.219. The van der Waals surface area contributed by atoms with Gasteiger partial charge in [-0.3, -0.25) is 4.79 Å². The van der Waals surface area contributed by atoms with Crippen LogP contribution in [0.15, 0.2) is 24.3 Å². The third-order valence-corrected chi connectivity index (χ3v) is 7.34. The van der Waals surface area contributed by atoms with Gasteiger partial charge in [0, 0.05) is 17.4 Å². The van der Waals surface area contributed by atoms with Gasteiger partial charge in [-0.1, -0.05) is 36.2 Å². The number of carbonyl (C=O) groups excluding carboxylic acids is 1. The van der Waals surface area contributed by atoms with Gasteiger partial charge in [0.2, 0.25) is 5.12 Å². The Hall–Kier alpha value is -0.870. The molecule has 2 fully saturated rings. The monoisotopic (exact) mass is 474 g/mol. The van der Waals surface area contributed by atoms with E-state index in [1.165, 1.54) is 0 Å². The van der Waals surface area contributed by atoms with Crippen LogP contribution < -0.4 is 4.74 Å². The molecule has 174 valence electrons. The van der Waals surface area contributed by atoms with E-state index in [0.29, 0.717) is 24.7 Å². The topological polar surface area (TPSA) is 120 Å². The van der Waals surface area contributed by atoms with Crippen LogP contribution in [0.5, 0.6) is 5.75 Å². The lowest BCUT2D eigenvalue weighted by Gasteiger charge is -2.36. The van der Waals surface area contributed by atoms with Gasteiger partial charge in [0.15, 0.2) is 5.60 Å². The van der Waals surface area contributed by atoms with Crippen molar-refractivity contribution in [3.05, 3.63) is 29.3 Å². The fourth-order valence-electron chi connectivity index (χ4n) is 3.88. The number of aliphatic hydroxyl groups is 4. The summed E-state index contributed by atoms with van der Waals surface area (Å²) < 4.78 is 11.1. The number of unbranched alkanes of at least 4 members (excludes halogenated alkanes) is 3. The Labute approximate surface area is 191 Å². The molecule has 3 rings (SSSR count). The number of aliphatic hydroxyl groups excluding tert-OH is 4. The number of ether oxygens (including phenoxy) is 2. The Bertz CT molecular complexity index is 712. The highest BCUT2D eigenvalue weighted by molar-refractivity contribution is 8.14. The van der Waals surface area contributed by atoms with Crippen LogP contribution in [0, 0.1) is 5.92 Å². The molecule has 0 spiro atoms. The maximum absolute atomic E-state index is 12.6. The zero-order valence-electron chi connectivity index (χ0n) is 17.4. The number of carbonyl (C=O) groups is 1. The highest BCUT2D eigenvalue weighted by Gasteiger charge is 2.53. The molecule has 1 aliphatic carbocycles. The predicted molar refractivity (Wildman–Crippen MR) is 118 cm³/mol. The van der Waals surface area contributed by atoms with Gasteiger partial charge in [-0.05, 0) is 49.9 Å². The van der Waals surface area contributed by atoms with Crippen molar-refractivity contribution in [2.45, 2.75) is 74.3 Å². The lowest BCUT2D eigenvalue weighted by Crippen LogP contribution is -2.47. The lowest BCUT2D eigenvalue weighted by molar-refractivity contribution is -0.116. The minimum absolute atomic E-state index is 0.0702. The van der Waals surface area contributed by atoms with Crippen LogP contribution in [0.2, 0.25) is 5.02 Å². The second-order valence-electron chi connectivity index (χ2n) is 8.39. The molecule has 31 heavy (non-hydrogen) atoms. The third kappa shape index (κ3) is 7.05. The van der Waals surface area contributed by atoms with E-state index in [-0.39, 0.29) is 18.0 Å². The molecule has 2 aliphatic rings. The smallest absolute Gasteiger partial charge is 0.225 e. The van der Waals surface area contributed by atoms with Gasteiger partial charge >= 0.3 is 0 Å². The maximum atomic E-state index is 12.6. The normalized spacial score (nSPS) is 31.3. The second kappa shape index (κ2) is 11.3. The van der Waals surface area contributed by atoms with Gasteiger partial charge in [0.25, 0.3) is 0 Å². The van der Waals surface area contributed by atoms with Crippen molar-refractivity contribution in [3.8, 4) is 5.75 Å². The van der Waals surface area contributed by atoms with Crippen LogP contribution in [0.3, 0.4) is 0 Å². The predicted octanol–water partition coefficient (Wildman–Crippen LogP) is 2.51. The maximum Gasteiger partial charge on any atom is 0.225 e. The number of benzene rings is 1. The summed E-state index contributed by atoms with van der Waals surface area (Å²) in [6.07, 6.45) is 1.37. The first-order chi connectivity index (χ1) is 14.8. The van der Waals surface area contributed by atoms with Gasteiger partial charge in [-0.25, -0.2) is 0 Å². The largest absolute Gasteiger partial charge is 0.494 e. The minimum atomic E-state index is -1.20. The fraction of sp³-hybridized carbons (Fsp3) is 0.682. The standard InChI is InChI=1S/C22H31ClO7S/c23-14-5-7-16(8-6-14)29-10-4-2-1-3-9-22(13-30-22)21(28)31-20(27)17-11-15(24)12-18(25)19(17)26/h5-8,15,17-20,24-27H,1-4,9-13H2. The number of rotatable bonds is 11. The number of hydrogen-bond acceptors (Lipinski definition) is 8. The molecule has 1 aliphatic heterocycles. The molecule has 6 atom stereocenters. The first-order valence-corrected chi connectivity index (χ1v) is 12.0. The zero-order chi connectivity index (χ0) is 22.4. The number of thioether (sulfide) groups is 1. The Morgan fingerprint density at radius 2 is 1.84 bits per heavy atom. The molecule has 0 aromatic heterocycles. The summed E-state index contributed by atoms with van der Waals surface area (Å²) in [5.41, 5.74) is -2.05. The van der Waals surface area contributed by atoms with Crippen LogP contribution in [0.25, 0.3) is 0 Å². The van der Waals surface area contributed by atoms with E-state index in [2.05, 4.69) is 0 Å². The second-order valence-corrected chi connectivity index (χ2v) is 9.92. The van der Waals surface area contributed by atoms with E-state index in [1.54, 1.807) is 12.1 Å². The zero-order valence-corrected chi connectivity index (χ0v) is 18.9. The van der Waals surface area contributed by atoms with Crippen molar-refractivity contribution in [1.82, 2.24) is 0 Å². The Kier molecular flexibility index (Phi) is 9.04. The molecule has 1 heterocycles. The van der Waals surface area contributed by atoms with Crippen LogP contribution in [-0.2, 0) is 9.53 Å². The van der Waals surface area contributed by atoms with Crippen LogP contribution in [-0.4, -0.2) is 68.1 Å². The Morgan fingerprint density at radius 3 is 2.52 bits per heavy atom. The van der Waals surface area contributed by atoms with E-state index in [4.69, 9.17) is 21.1 Å². The SMILES string of the molecule is O=C(SC(O)C1CC(O)CC(O)C1O)C1(CCCCCCOc2ccc(Cl)cc2)CO1. The molecule has 6 unspecified atom stereocenters. The summed E-state index contributed by atoms with van der Waals surface area (Å²) in [6, 6.07) is 7.25. The van der Waals surface area contributed by atoms with E-state index in [0.717, 1.165) is 43.2 Å². The first kappa shape index (κ1) is 24.8. The lowest BCUT2D eigenvalue weighted by atomic mass is 9.83. The Balaban J connectivity index is 1.32. The third-order valence-electron chi connectivity index (χ3n) is 5.91. The Morgan fingerprint density at radius 1 is 1.16 bits per heavy atom. The van der Waals surface area contributed by atoms with Crippen molar-refractivity contribution < 1.29 is 34.7 Å². The fourth-order valence-corrected chi connectivity index (χ4v) is 5.11. The summed E-state index contributed by atoms with van der Waals surface area (Å²) in [7, 11) is 0. The van der Waals surface area contributed by atoms with E-state index in [1.807, 2.05) is 12.1 Å². The van der Waals surface area contributed by atoms with Gasteiger partial charge in [-0.2, -0.15) is 0 Å². The number of hydrogen-bond donors (Lipinski definition) is 4. The van der Waals surface area contributed by atoms with E-state index in [9.17, 15) is 25.2 Å². The molecular formula is C22H31ClO7S. The van der Waals surface area contributed by atoms with Gasteiger partial charge in [0.1, 0.15) is 11.2 Å². The van der Waals surface area contributed by atoms with Crippen molar-refractivity contribution >= 4 is 28.5 Å². The molecule has 7 nitrogen and oxygen atoms in total. The molecule has 1 saturated heterocycles. The average Bonchev–Trinajstić information content (AvgIpc) is 3.52. The number of halogens is 1. The summed E-state index contributed by atoms with van der Waals surface area (Å²) in [5.74, 6) is 0.0307. The molecule has 1 aromatic rings. The average molecular weight is 475 g/mol. The number of epoxide rings is 1. The highest BCUT2D eigenvalue weighted by atomic mass is 35.5. The molecule has 0 bridgehead atoms. The summed E-state index contributed by atoms with van der Waals surface area (Å²) in [6.45, 7) is 0.954. The van der Waals surface area contributed by atoms with Crippen LogP contribution >= 0.6 is 23.4 Å². The first-order valence-electron chi connectivity index (χ1n) is 10.8. The molecule has 4 N–H and O–H groups in total. The van der Waals surface area contributed by atoms with Crippen LogP contribution in [0.1, 0.15) is 44.9 Å². The molecule has 9 heteroatoms. The highest BCUT2D eigenvalue weighted by Crippen LogP contribution is 2.41. The summed E-state index contributed by atoms with van der Waals surface area (Å²) in [4.78, 5) is 12.6.